The number of hydrogen-bond acceptors (Lipinski definition) is 0. The Kier molecular flexibility index (Phi) is 6.79. The van der Waals surface area contributed by atoms with Crippen LogP contribution < -0.4 is 0 Å². The van der Waals surface area contributed by atoms with Gasteiger partial charge in [0.05, 0.1) is 0 Å². The topological polar surface area (TPSA) is 0 Å². The third-order valence-electron chi connectivity index (χ3n) is 11.6. The smallest absolute Gasteiger partial charge is 0.0159 e. The van der Waals surface area contributed by atoms with E-state index in [9.17, 15) is 0 Å². The molecule has 0 unspecified atom stereocenters. The van der Waals surface area contributed by atoms with Crippen LogP contribution in [-0.2, 0) is 10.8 Å². The molecule has 8 aromatic carbocycles. The Hall–Kier alpha value is -5.20. The number of rotatable bonds is 3. The first kappa shape index (κ1) is 31.8. The van der Waals surface area contributed by atoms with Gasteiger partial charge in [-0.1, -0.05) is 142 Å². The lowest BCUT2D eigenvalue weighted by Crippen LogP contribution is -2.24. The monoisotopic (exact) mass is 658 g/mol. The van der Waals surface area contributed by atoms with Gasteiger partial charge >= 0.3 is 0 Å². The summed E-state index contributed by atoms with van der Waals surface area (Å²) in [4.78, 5) is 0. The van der Waals surface area contributed by atoms with E-state index in [2.05, 4.69) is 178 Å². The van der Waals surface area contributed by atoms with Crippen molar-refractivity contribution >= 4 is 32.3 Å². The molecule has 0 heteroatoms. The second kappa shape index (κ2) is 10.9. The van der Waals surface area contributed by atoms with Gasteiger partial charge < -0.3 is 0 Å². The number of aryl methyl sites for hydroxylation is 4. The first-order chi connectivity index (χ1) is 24.3. The van der Waals surface area contributed by atoms with Crippen LogP contribution in [-0.4, -0.2) is 0 Å². The van der Waals surface area contributed by atoms with Gasteiger partial charge in [0.1, 0.15) is 0 Å². The zero-order valence-electron chi connectivity index (χ0n) is 31.5. The van der Waals surface area contributed by atoms with Gasteiger partial charge in [-0.15, -0.1) is 0 Å². The van der Waals surface area contributed by atoms with Crippen molar-refractivity contribution in [2.75, 3.05) is 0 Å². The van der Waals surface area contributed by atoms with Crippen molar-refractivity contribution in [3.63, 3.8) is 0 Å². The summed E-state index contributed by atoms with van der Waals surface area (Å²) in [5.74, 6) is 0. The maximum atomic E-state index is 2.53. The van der Waals surface area contributed by atoms with E-state index in [4.69, 9.17) is 0 Å². The minimum absolute atomic E-state index is 0.105. The lowest BCUT2D eigenvalue weighted by atomic mass is 9.66. The molecule has 250 valence electrons. The fourth-order valence-electron chi connectivity index (χ4n) is 9.20. The minimum Gasteiger partial charge on any atom is -0.0579 e. The fourth-order valence-corrected chi connectivity index (χ4v) is 9.20. The Balaban J connectivity index is 1.39. The molecule has 0 saturated carbocycles. The summed E-state index contributed by atoms with van der Waals surface area (Å²) in [6.07, 6.45) is 0. The van der Waals surface area contributed by atoms with Gasteiger partial charge in [0.25, 0.3) is 0 Å². The molecule has 1 aliphatic carbocycles. The van der Waals surface area contributed by atoms with E-state index >= 15 is 0 Å². The van der Waals surface area contributed by atoms with Crippen LogP contribution in [0.3, 0.4) is 0 Å². The van der Waals surface area contributed by atoms with E-state index in [1.807, 2.05) is 0 Å². The molecule has 0 N–H and O–H groups in total. The maximum Gasteiger partial charge on any atom is 0.0159 e. The summed E-state index contributed by atoms with van der Waals surface area (Å²) in [6.45, 7) is 20.6. The molecule has 0 amide bonds. The normalized spacial score (nSPS) is 13.7. The van der Waals surface area contributed by atoms with Crippen LogP contribution in [0.1, 0.15) is 73.6 Å². The van der Waals surface area contributed by atoms with Crippen LogP contribution in [0.15, 0.2) is 115 Å². The first-order valence-electron chi connectivity index (χ1n) is 18.5. The van der Waals surface area contributed by atoms with Crippen molar-refractivity contribution in [3.05, 3.63) is 154 Å². The second-order valence-electron chi connectivity index (χ2n) is 17.0. The van der Waals surface area contributed by atoms with Crippen molar-refractivity contribution in [2.24, 2.45) is 0 Å². The average molecular weight is 659 g/mol. The standard InChI is InChI=1S/C51H46/c1-29-18-30(2)21-36(20-29)34-12-16-41-44-28-43(33-10-14-40(15-11-33)50(5,6)7)42-17-13-35-24-38(37-22-31(3)19-32(4)23-37)25-39-27-46(48(44)49(42)47(35)39)51(8,9)45(41)26-34/h10-28H,1-9H3. The predicted octanol–water partition coefficient (Wildman–Crippen LogP) is 14.4. The van der Waals surface area contributed by atoms with Gasteiger partial charge in [-0.05, 0) is 157 Å². The summed E-state index contributed by atoms with van der Waals surface area (Å²) < 4.78 is 0. The van der Waals surface area contributed by atoms with E-state index in [0.29, 0.717) is 0 Å². The molecule has 0 fully saturated rings. The van der Waals surface area contributed by atoms with Gasteiger partial charge in [-0.25, -0.2) is 0 Å². The van der Waals surface area contributed by atoms with Crippen LogP contribution in [0.4, 0.5) is 0 Å². The molecule has 51 heavy (non-hydrogen) atoms. The summed E-state index contributed by atoms with van der Waals surface area (Å²) in [5, 5.41) is 8.15. The van der Waals surface area contributed by atoms with E-state index < -0.39 is 0 Å². The molecule has 1 aliphatic rings. The molecule has 0 radical (unpaired) electrons. The van der Waals surface area contributed by atoms with Crippen LogP contribution >= 0.6 is 0 Å². The summed E-state index contributed by atoms with van der Waals surface area (Å²) >= 11 is 0. The van der Waals surface area contributed by atoms with E-state index in [1.54, 1.807) is 0 Å². The SMILES string of the molecule is Cc1cc(C)cc(-c2ccc3c(c2)C(C)(C)c2cc4cc(-c5cc(C)cc(C)c5)cc5ccc6c(-c7ccc(C(C)(C)C)cc7)cc-3c2c6c54)c1. The number of fused-ring (bicyclic) bond motifs is 2. The van der Waals surface area contributed by atoms with Gasteiger partial charge in [0, 0.05) is 5.41 Å². The first-order valence-corrected chi connectivity index (χ1v) is 18.5. The van der Waals surface area contributed by atoms with Gasteiger partial charge in [-0.2, -0.15) is 0 Å². The minimum atomic E-state index is -0.199. The van der Waals surface area contributed by atoms with Crippen LogP contribution in [0.5, 0.6) is 0 Å². The molecule has 0 saturated heterocycles. The zero-order chi connectivity index (χ0) is 35.6. The molecule has 9 rings (SSSR count). The van der Waals surface area contributed by atoms with Crippen LogP contribution in [0, 0.1) is 27.7 Å². The lowest BCUT2D eigenvalue weighted by Gasteiger charge is -2.37. The van der Waals surface area contributed by atoms with Crippen molar-refractivity contribution in [3.8, 4) is 44.5 Å². The number of hydrogen-bond donors (Lipinski definition) is 0. The predicted molar refractivity (Wildman–Crippen MR) is 222 cm³/mol. The second-order valence-corrected chi connectivity index (χ2v) is 17.0. The van der Waals surface area contributed by atoms with Crippen molar-refractivity contribution < 1.29 is 0 Å². The Morgan fingerprint density at radius 2 is 0.961 bits per heavy atom. The summed E-state index contributed by atoms with van der Waals surface area (Å²) in [6, 6.07) is 45.1. The Morgan fingerprint density at radius 1 is 0.392 bits per heavy atom. The van der Waals surface area contributed by atoms with Crippen LogP contribution in [0.25, 0.3) is 76.8 Å². The van der Waals surface area contributed by atoms with E-state index in [-0.39, 0.29) is 10.8 Å². The molecule has 0 bridgehead atoms. The highest BCUT2D eigenvalue weighted by Crippen LogP contribution is 2.55. The molecule has 0 aromatic heterocycles. The van der Waals surface area contributed by atoms with E-state index in [0.717, 1.165) is 0 Å². The highest BCUT2D eigenvalue weighted by atomic mass is 14.4. The largest absolute Gasteiger partial charge is 0.0579 e. The van der Waals surface area contributed by atoms with Gasteiger partial charge in [0.15, 0.2) is 0 Å². The third kappa shape index (κ3) is 4.95. The Bertz CT molecular complexity index is 2670. The molecule has 0 atom stereocenters. The molecular formula is C51H46. The van der Waals surface area contributed by atoms with Crippen molar-refractivity contribution in [2.45, 2.75) is 73.1 Å². The Morgan fingerprint density at radius 3 is 1.59 bits per heavy atom. The molecular weight excluding hydrogens is 613 g/mol. The molecule has 0 nitrogen and oxygen atoms in total. The molecule has 0 spiro atoms. The molecule has 0 aliphatic heterocycles. The highest BCUT2D eigenvalue weighted by Gasteiger charge is 2.36. The summed E-state index contributed by atoms with van der Waals surface area (Å²) in [7, 11) is 0. The van der Waals surface area contributed by atoms with Gasteiger partial charge in [-0.3, -0.25) is 0 Å². The zero-order valence-corrected chi connectivity index (χ0v) is 31.5. The molecule has 8 aromatic rings. The lowest BCUT2D eigenvalue weighted by molar-refractivity contribution is 0.590. The average Bonchev–Trinajstić information content (AvgIpc) is 3.08. The van der Waals surface area contributed by atoms with Crippen molar-refractivity contribution in [1.82, 2.24) is 0 Å². The Labute approximate surface area is 303 Å². The highest BCUT2D eigenvalue weighted by molar-refractivity contribution is 6.30. The van der Waals surface area contributed by atoms with Crippen LogP contribution in [0.2, 0.25) is 0 Å². The number of benzene rings is 8. The summed E-state index contributed by atoms with van der Waals surface area (Å²) in [5.41, 5.74) is 19.7. The maximum absolute atomic E-state index is 2.53. The fraction of sp³-hybridized carbons (Fsp3) is 0.216. The van der Waals surface area contributed by atoms with Gasteiger partial charge in [0.2, 0.25) is 0 Å². The molecule has 0 heterocycles. The quantitative estimate of drug-likeness (QED) is 0.166. The van der Waals surface area contributed by atoms with E-state index in [1.165, 1.54) is 116 Å². The van der Waals surface area contributed by atoms with Crippen molar-refractivity contribution in [1.29, 1.82) is 0 Å². The third-order valence-corrected chi connectivity index (χ3v) is 11.6.